The topological polar surface area (TPSA) is 44.8 Å². The van der Waals surface area contributed by atoms with E-state index in [1.54, 1.807) is 26.4 Å². The van der Waals surface area contributed by atoms with Crippen molar-refractivity contribution in [1.29, 1.82) is 0 Å². The fraction of sp³-hybridized carbons (Fsp3) is 0.611. The zero-order valence-corrected chi connectivity index (χ0v) is 15.5. The fourth-order valence-electron chi connectivity index (χ4n) is 2.96. The number of ketones is 1. The number of carbonyl (C=O) groups excluding carboxylic acids is 1. The van der Waals surface area contributed by atoms with Gasteiger partial charge in [-0.2, -0.15) is 0 Å². The average Bonchev–Trinajstić information content (AvgIpc) is 2.54. The van der Waals surface area contributed by atoms with Crippen LogP contribution in [0.1, 0.15) is 31.1 Å². The zero-order valence-electron chi connectivity index (χ0n) is 14.7. The minimum atomic E-state index is -0.0787. The Balaban J connectivity index is 2.33. The maximum absolute atomic E-state index is 13.2. The van der Waals surface area contributed by atoms with Crippen molar-refractivity contribution in [3.05, 3.63) is 23.8 Å². The summed E-state index contributed by atoms with van der Waals surface area (Å²) in [7, 11) is 3.24. The number of ether oxygens (including phenoxy) is 3. The van der Waals surface area contributed by atoms with E-state index in [9.17, 15) is 4.79 Å². The predicted molar refractivity (Wildman–Crippen MR) is 95.0 cm³/mol. The third-order valence-electron chi connectivity index (χ3n) is 4.01. The van der Waals surface area contributed by atoms with E-state index >= 15 is 0 Å². The summed E-state index contributed by atoms with van der Waals surface area (Å²) < 4.78 is 16.1. The molecule has 2 rings (SSSR count). The van der Waals surface area contributed by atoms with Crippen LogP contribution < -0.4 is 9.47 Å². The molecule has 4 nitrogen and oxygen atoms in total. The van der Waals surface area contributed by atoms with Crippen molar-refractivity contribution >= 4 is 16.7 Å². The van der Waals surface area contributed by atoms with Gasteiger partial charge in [-0.3, -0.25) is 4.79 Å². The molecule has 1 fully saturated rings. The van der Waals surface area contributed by atoms with Crippen LogP contribution in [0.5, 0.6) is 11.5 Å². The number of Topliss-reactive ketones (excluding diaryl/α,β-unsaturated/α-hetero) is 1. The molecular weight excluding hydrogens is 312 g/mol. The minimum absolute atomic E-state index is 0.00417. The van der Waals surface area contributed by atoms with E-state index in [1.165, 1.54) is 0 Å². The van der Waals surface area contributed by atoms with Gasteiger partial charge in [0.25, 0.3) is 0 Å². The second-order valence-electron chi connectivity index (χ2n) is 6.74. The number of rotatable bonds is 5. The highest BCUT2D eigenvalue weighted by atomic mass is 32.2. The summed E-state index contributed by atoms with van der Waals surface area (Å²) in [5.74, 6) is 3.39. The highest BCUT2D eigenvalue weighted by Crippen LogP contribution is 2.34. The standard InChI is InChI=1S/C18H27O4S/c1-18(2,3)17(23-10-8-22-9-11-23)16(19)13-6-7-14(20-4)15(12-13)21-5/h6-7,12,17H,8-11H2,1-5H3/q+1. The molecule has 1 aliphatic rings. The number of benzene rings is 1. The predicted octanol–water partition coefficient (Wildman–Crippen LogP) is 2.95. The second-order valence-corrected chi connectivity index (χ2v) is 9.10. The molecule has 0 radical (unpaired) electrons. The van der Waals surface area contributed by atoms with Crippen molar-refractivity contribution in [3.8, 4) is 11.5 Å². The third kappa shape index (κ3) is 4.21. The van der Waals surface area contributed by atoms with Crippen LogP contribution in [-0.4, -0.2) is 50.0 Å². The van der Waals surface area contributed by atoms with Crippen LogP contribution in [0, 0.1) is 5.41 Å². The quantitative estimate of drug-likeness (QED) is 0.611. The van der Waals surface area contributed by atoms with E-state index in [0.717, 1.165) is 24.7 Å². The van der Waals surface area contributed by atoms with E-state index in [0.29, 0.717) is 17.1 Å². The molecule has 1 heterocycles. The van der Waals surface area contributed by atoms with Gasteiger partial charge in [-0.05, 0) is 18.2 Å². The lowest BCUT2D eigenvalue weighted by atomic mass is 9.87. The van der Waals surface area contributed by atoms with Crippen LogP contribution in [0.3, 0.4) is 0 Å². The Morgan fingerprint density at radius 2 is 1.74 bits per heavy atom. The molecule has 1 aromatic rings. The van der Waals surface area contributed by atoms with Crippen molar-refractivity contribution in [2.24, 2.45) is 5.41 Å². The van der Waals surface area contributed by atoms with Gasteiger partial charge in [-0.25, -0.2) is 0 Å². The Kier molecular flexibility index (Phi) is 5.98. The monoisotopic (exact) mass is 339 g/mol. The van der Waals surface area contributed by atoms with Crippen molar-refractivity contribution in [1.82, 2.24) is 0 Å². The van der Waals surface area contributed by atoms with Gasteiger partial charge in [0.05, 0.1) is 27.4 Å². The van der Waals surface area contributed by atoms with E-state index < -0.39 is 0 Å². The summed E-state index contributed by atoms with van der Waals surface area (Å²) in [4.78, 5) is 13.2. The highest BCUT2D eigenvalue weighted by Gasteiger charge is 2.46. The molecule has 1 saturated heterocycles. The maximum Gasteiger partial charge on any atom is 0.215 e. The number of hydrogen-bond donors (Lipinski definition) is 0. The lowest BCUT2D eigenvalue weighted by Gasteiger charge is -2.31. The molecule has 0 bridgehead atoms. The van der Waals surface area contributed by atoms with E-state index in [2.05, 4.69) is 20.8 Å². The van der Waals surface area contributed by atoms with Crippen LogP contribution in [0.15, 0.2) is 18.2 Å². The van der Waals surface area contributed by atoms with Crippen LogP contribution in [0.25, 0.3) is 0 Å². The number of carbonyl (C=O) groups is 1. The molecule has 128 valence electrons. The Morgan fingerprint density at radius 3 is 2.26 bits per heavy atom. The number of hydrogen-bond acceptors (Lipinski definition) is 4. The SMILES string of the molecule is COc1ccc(C(=O)C([S+]2CCOCC2)C(C)(C)C)cc1OC. The van der Waals surface area contributed by atoms with Crippen molar-refractivity contribution in [2.45, 2.75) is 26.0 Å². The molecule has 0 spiro atoms. The first-order chi connectivity index (χ1) is 10.9. The van der Waals surface area contributed by atoms with Gasteiger partial charge in [0.1, 0.15) is 11.5 Å². The van der Waals surface area contributed by atoms with Gasteiger partial charge in [0, 0.05) is 21.9 Å². The van der Waals surface area contributed by atoms with Crippen LogP contribution in [-0.2, 0) is 15.6 Å². The minimum Gasteiger partial charge on any atom is -0.493 e. The summed E-state index contributed by atoms with van der Waals surface area (Å²) in [5, 5.41) is 0.00417. The van der Waals surface area contributed by atoms with E-state index in [1.807, 2.05) is 6.07 Å². The Bertz CT molecular complexity index is 544. The Hall–Kier alpha value is -1.20. The van der Waals surface area contributed by atoms with Crippen molar-refractivity contribution < 1.29 is 19.0 Å². The van der Waals surface area contributed by atoms with Crippen LogP contribution >= 0.6 is 0 Å². The summed E-state index contributed by atoms with van der Waals surface area (Å²) >= 11 is 0. The summed E-state index contributed by atoms with van der Waals surface area (Å²) in [6, 6.07) is 5.44. The molecule has 1 atom stereocenters. The molecule has 5 heteroatoms. The van der Waals surface area contributed by atoms with Gasteiger partial charge in [0.2, 0.25) is 5.78 Å². The molecule has 0 saturated carbocycles. The highest BCUT2D eigenvalue weighted by molar-refractivity contribution is 7.98. The molecule has 23 heavy (non-hydrogen) atoms. The molecule has 0 aliphatic carbocycles. The van der Waals surface area contributed by atoms with Crippen LogP contribution in [0.2, 0.25) is 0 Å². The van der Waals surface area contributed by atoms with Gasteiger partial charge >= 0.3 is 0 Å². The molecule has 1 aromatic carbocycles. The van der Waals surface area contributed by atoms with Gasteiger partial charge < -0.3 is 14.2 Å². The van der Waals surface area contributed by atoms with Crippen LogP contribution in [0.4, 0.5) is 0 Å². The first-order valence-corrected chi connectivity index (χ1v) is 9.51. The molecular formula is C18H27O4S+. The number of methoxy groups -OCH3 is 2. The molecule has 0 aromatic heterocycles. The average molecular weight is 339 g/mol. The third-order valence-corrected chi connectivity index (χ3v) is 6.98. The van der Waals surface area contributed by atoms with E-state index in [-0.39, 0.29) is 27.3 Å². The smallest absolute Gasteiger partial charge is 0.215 e. The van der Waals surface area contributed by atoms with Gasteiger partial charge in [-0.15, -0.1) is 0 Å². The molecule has 0 N–H and O–H groups in total. The zero-order chi connectivity index (χ0) is 17.0. The van der Waals surface area contributed by atoms with Gasteiger partial charge in [0.15, 0.2) is 16.7 Å². The van der Waals surface area contributed by atoms with Crippen molar-refractivity contribution in [3.63, 3.8) is 0 Å². The molecule has 1 unspecified atom stereocenters. The molecule has 1 aliphatic heterocycles. The largest absolute Gasteiger partial charge is 0.493 e. The first-order valence-electron chi connectivity index (χ1n) is 7.88. The van der Waals surface area contributed by atoms with E-state index in [4.69, 9.17) is 14.2 Å². The summed E-state index contributed by atoms with van der Waals surface area (Å²) in [6.07, 6.45) is 0. The Labute approximate surface area is 141 Å². The normalized spacial score (nSPS) is 17.6. The molecule has 0 amide bonds. The fourth-order valence-corrected chi connectivity index (χ4v) is 5.74. The summed E-state index contributed by atoms with van der Waals surface area (Å²) in [5.41, 5.74) is 0.617. The van der Waals surface area contributed by atoms with Gasteiger partial charge in [-0.1, -0.05) is 20.8 Å². The lowest BCUT2D eigenvalue weighted by Crippen LogP contribution is -2.47. The Morgan fingerprint density at radius 1 is 1.13 bits per heavy atom. The second kappa shape index (κ2) is 7.58. The maximum atomic E-state index is 13.2. The first kappa shape index (κ1) is 18.1. The summed E-state index contributed by atoms with van der Waals surface area (Å²) in [6.45, 7) is 7.97. The van der Waals surface area contributed by atoms with Crippen molar-refractivity contribution in [2.75, 3.05) is 38.9 Å². The lowest BCUT2D eigenvalue weighted by molar-refractivity contribution is 0.0945.